The molecule has 29 heavy (non-hydrogen) atoms. The van der Waals surface area contributed by atoms with Crippen LogP contribution in [0.4, 0.5) is 0 Å². The molecule has 2 amide bonds. The average molecular weight is 388 g/mol. The highest BCUT2D eigenvalue weighted by molar-refractivity contribution is 5.98. The molecule has 1 N–H and O–H groups in total. The summed E-state index contributed by atoms with van der Waals surface area (Å²) in [6.07, 6.45) is 0.800. The van der Waals surface area contributed by atoms with Crippen molar-refractivity contribution in [2.45, 2.75) is 32.5 Å². The van der Waals surface area contributed by atoms with Crippen molar-refractivity contribution < 1.29 is 9.59 Å². The molecule has 3 aromatic rings. The van der Waals surface area contributed by atoms with Gasteiger partial charge in [0.05, 0.1) is 6.04 Å². The van der Waals surface area contributed by atoms with Crippen LogP contribution in [0.3, 0.4) is 0 Å². The molecular formula is C23H24N4O2. The second-order valence-corrected chi connectivity index (χ2v) is 7.31. The minimum atomic E-state index is -0.274. The third-order valence-electron chi connectivity index (χ3n) is 5.18. The molecule has 0 spiro atoms. The minimum absolute atomic E-state index is 0.0889. The molecule has 1 unspecified atom stereocenters. The highest BCUT2D eigenvalue weighted by Crippen LogP contribution is 2.18. The first kappa shape index (κ1) is 18.9. The van der Waals surface area contributed by atoms with Gasteiger partial charge in [0.1, 0.15) is 5.69 Å². The highest BCUT2D eigenvalue weighted by atomic mass is 16.2. The lowest BCUT2D eigenvalue weighted by Gasteiger charge is -2.20. The van der Waals surface area contributed by atoms with Gasteiger partial charge in [-0.15, -0.1) is 0 Å². The predicted octanol–water partition coefficient (Wildman–Crippen LogP) is 3.42. The average Bonchev–Trinajstić information content (AvgIpc) is 3.12. The van der Waals surface area contributed by atoms with Gasteiger partial charge in [0.2, 0.25) is 0 Å². The Labute approximate surface area is 170 Å². The normalized spacial score (nSPS) is 14.8. The van der Waals surface area contributed by atoms with Crippen LogP contribution in [0.25, 0.3) is 0 Å². The molecular weight excluding hydrogens is 364 g/mol. The van der Waals surface area contributed by atoms with Gasteiger partial charge < -0.3 is 10.2 Å². The molecule has 0 bridgehead atoms. The Balaban J connectivity index is 1.50. The number of amides is 2. The van der Waals surface area contributed by atoms with Gasteiger partial charge in [-0.1, -0.05) is 60.7 Å². The first-order valence-electron chi connectivity index (χ1n) is 9.88. The van der Waals surface area contributed by atoms with E-state index in [-0.39, 0.29) is 23.6 Å². The van der Waals surface area contributed by atoms with Crippen molar-refractivity contribution in [1.82, 2.24) is 20.0 Å². The fourth-order valence-electron chi connectivity index (χ4n) is 3.60. The zero-order valence-electron chi connectivity index (χ0n) is 16.4. The van der Waals surface area contributed by atoms with Gasteiger partial charge in [-0.25, -0.2) is 0 Å². The third-order valence-corrected chi connectivity index (χ3v) is 5.18. The number of rotatable bonds is 5. The van der Waals surface area contributed by atoms with E-state index in [0.717, 1.165) is 17.5 Å². The van der Waals surface area contributed by atoms with Gasteiger partial charge in [-0.05, 0) is 24.5 Å². The van der Waals surface area contributed by atoms with E-state index < -0.39 is 0 Å². The second kappa shape index (κ2) is 8.31. The number of carbonyl (C=O) groups is 2. The van der Waals surface area contributed by atoms with Crippen molar-refractivity contribution in [2.75, 3.05) is 6.54 Å². The molecule has 6 nitrogen and oxygen atoms in total. The van der Waals surface area contributed by atoms with Crippen molar-refractivity contribution >= 4 is 11.8 Å². The number of hydrogen-bond acceptors (Lipinski definition) is 3. The van der Waals surface area contributed by atoms with Gasteiger partial charge >= 0.3 is 0 Å². The molecule has 2 aromatic carbocycles. The molecule has 0 radical (unpaired) electrons. The molecule has 6 heteroatoms. The van der Waals surface area contributed by atoms with Gasteiger partial charge in [-0.2, -0.15) is 5.10 Å². The lowest BCUT2D eigenvalue weighted by Crippen LogP contribution is -2.30. The maximum atomic E-state index is 13.1. The van der Waals surface area contributed by atoms with E-state index in [4.69, 9.17) is 0 Å². The van der Waals surface area contributed by atoms with Crippen LogP contribution in [0.2, 0.25) is 0 Å². The van der Waals surface area contributed by atoms with Crippen molar-refractivity contribution in [3.05, 3.63) is 89.2 Å². The summed E-state index contributed by atoms with van der Waals surface area (Å²) in [6, 6.07) is 21.2. The molecule has 0 aliphatic carbocycles. The molecule has 0 fully saturated rings. The van der Waals surface area contributed by atoms with Gasteiger partial charge in [0.15, 0.2) is 5.69 Å². The standard InChI is InChI=1S/C23H24N4O2/c1-17(19-11-6-3-7-12-19)24-22(28)20-15-21-23(29)26(13-8-14-27(21)25-20)16-18-9-4-2-5-10-18/h2-7,9-12,15,17H,8,13-14,16H2,1H3,(H,24,28). The maximum Gasteiger partial charge on any atom is 0.272 e. The smallest absolute Gasteiger partial charge is 0.272 e. The number of fused-ring (bicyclic) bond motifs is 1. The van der Waals surface area contributed by atoms with Crippen molar-refractivity contribution in [3.63, 3.8) is 0 Å². The number of aryl methyl sites for hydroxylation is 1. The molecule has 1 aromatic heterocycles. The van der Waals surface area contributed by atoms with Crippen LogP contribution in [0.1, 0.15) is 51.5 Å². The molecule has 0 saturated carbocycles. The summed E-state index contributed by atoms with van der Waals surface area (Å²) < 4.78 is 1.66. The molecule has 2 heterocycles. The van der Waals surface area contributed by atoms with Crippen LogP contribution in [0.5, 0.6) is 0 Å². The SMILES string of the molecule is CC(NC(=O)c1cc2n(n1)CCCN(Cc1ccccc1)C2=O)c1ccccc1. The lowest BCUT2D eigenvalue weighted by atomic mass is 10.1. The Bertz CT molecular complexity index is 998. The monoisotopic (exact) mass is 388 g/mol. The van der Waals surface area contributed by atoms with Crippen LogP contribution in [-0.2, 0) is 13.1 Å². The van der Waals surface area contributed by atoms with Crippen molar-refractivity contribution in [1.29, 1.82) is 0 Å². The van der Waals surface area contributed by atoms with Crippen molar-refractivity contribution in [2.24, 2.45) is 0 Å². The molecule has 1 atom stereocenters. The quantitative estimate of drug-likeness (QED) is 0.728. The van der Waals surface area contributed by atoms with E-state index in [1.807, 2.05) is 72.5 Å². The Morgan fingerprint density at radius 1 is 1.07 bits per heavy atom. The van der Waals surface area contributed by atoms with Crippen LogP contribution in [0.15, 0.2) is 66.7 Å². The van der Waals surface area contributed by atoms with E-state index in [2.05, 4.69) is 10.4 Å². The first-order chi connectivity index (χ1) is 14.1. The topological polar surface area (TPSA) is 67.2 Å². The summed E-state index contributed by atoms with van der Waals surface area (Å²) >= 11 is 0. The van der Waals surface area contributed by atoms with Crippen molar-refractivity contribution in [3.8, 4) is 0 Å². The van der Waals surface area contributed by atoms with Gasteiger partial charge in [0.25, 0.3) is 11.8 Å². The Kier molecular flexibility index (Phi) is 5.42. The van der Waals surface area contributed by atoms with Crippen LogP contribution in [0, 0.1) is 0 Å². The predicted molar refractivity (Wildman–Crippen MR) is 110 cm³/mol. The summed E-state index contributed by atoms with van der Waals surface area (Å²) in [4.78, 5) is 27.6. The molecule has 4 rings (SSSR count). The summed E-state index contributed by atoms with van der Waals surface area (Å²) in [5.41, 5.74) is 2.85. The van der Waals surface area contributed by atoms with E-state index in [9.17, 15) is 9.59 Å². The maximum absolute atomic E-state index is 13.1. The fraction of sp³-hybridized carbons (Fsp3) is 0.261. The lowest BCUT2D eigenvalue weighted by molar-refractivity contribution is 0.0745. The Morgan fingerprint density at radius 3 is 2.48 bits per heavy atom. The second-order valence-electron chi connectivity index (χ2n) is 7.31. The molecule has 0 saturated heterocycles. The van der Waals surface area contributed by atoms with Crippen LogP contribution >= 0.6 is 0 Å². The Morgan fingerprint density at radius 2 is 1.76 bits per heavy atom. The van der Waals surface area contributed by atoms with E-state index >= 15 is 0 Å². The third kappa shape index (κ3) is 4.21. The highest BCUT2D eigenvalue weighted by Gasteiger charge is 2.26. The largest absolute Gasteiger partial charge is 0.344 e. The summed E-state index contributed by atoms with van der Waals surface area (Å²) in [7, 11) is 0. The van der Waals surface area contributed by atoms with Gasteiger partial charge in [-0.3, -0.25) is 14.3 Å². The zero-order chi connectivity index (χ0) is 20.2. The zero-order valence-corrected chi connectivity index (χ0v) is 16.4. The number of nitrogens with zero attached hydrogens (tertiary/aromatic N) is 3. The number of carbonyl (C=O) groups excluding carboxylic acids is 2. The van der Waals surface area contributed by atoms with E-state index in [0.29, 0.717) is 25.3 Å². The fourth-order valence-corrected chi connectivity index (χ4v) is 3.60. The number of benzene rings is 2. The summed E-state index contributed by atoms with van der Waals surface area (Å²) in [6.45, 7) is 3.77. The summed E-state index contributed by atoms with van der Waals surface area (Å²) in [5.74, 6) is -0.363. The molecule has 148 valence electrons. The van der Waals surface area contributed by atoms with Gasteiger partial charge in [0, 0.05) is 25.7 Å². The van der Waals surface area contributed by atoms with Crippen LogP contribution in [-0.4, -0.2) is 33.0 Å². The van der Waals surface area contributed by atoms with Crippen LogP contribution < -0.4 is 5.32 Å². The number of aromatic nitrogens is 2. The first-order valence-corrected chi connectivity index (χ1v) is 9.88. The number of nitrogens with one attached hydrogen (secondary N) is 1. The molecule has 1 aliphatic heterocycles. The Hall–Kier alpha value is -3.41. The van der Waals surface area contributed by atoms with E-state index in [1.165, 1.54) is 0 Å². The molecule has 1 aliphatic rings. The van der Waals surface area contributed by atoms with E-state index in [1.54, 1.807) is 10.7 Å². The minimum Gasteiger partial charge on any atom is -0.344 e. The number of hydrogen-bond donors (Lipinski definition) is 1. The summed E-state index contributed by atoms with van der Waals surface area (Å²) in [5, 5.41) is 7.37.